The summed E-state index contributed by atoms with van der Waals surface area (Å²) in [5, 5.41) is 0. The van der Waals surface area contributed by atoms with Crippen molar-refractivity contribution >= 4 is 27.6 Å². The number of sulfonamides is 1. The first kappa shape index (κ1) is 23.5. The van der Waals surface area contributed by atoms with Crippen LogP contribution in [-0.4, -0.2) is 51.4 Å². The van der Waals surface area contributed by atoms with E-state index in [2.05, 4.69) is 6.58 Å². The van der Waals surface area contributed by atoms with Crippen LogP contribution in [0.1, 0.15) is 36.0 Å². The van der Waals surface area contributed by atoms with Crippen LogP contribution in [0.4, 0.5) is 5.69 Å². The van der Waals surface area contributed by atoms with Crippen LogP contribution in [0.2, 0.25) is 0 Å². The van der Waals surface area contributed by atoms with Gasteiger partial charge < -0.3 is 9.64 Å². The van der Waals surface area contributed by atoms with Gasteiger partial charge in [0.05, 0.1) is 22.7 Å². The zero-order chi connectivity index (χ0) is 23.0. The van der Waals surface area contributed by atoms with E-state index in [0.29, 0.717) is 18.8 Å². The van der Waals surface area contributed by atoms with Crippen molar-refractivity contribution in [2.24, 2.45) is 0 Å². The summed E-state index contributed by atoms with van der Waals surface area (Å²) in [6.45, 7) is 4.70. The Balaban J connectivity index is 1.74. The minimum Gasteiger partial charge on any atom is -0.452 e. The lowest BCUT2D eigenvalue weighted by molar-refractivity contribution is -0.134. The Morgan fingerprint density at radius 2 is 1.69 bits per heavy atom. The maximum atomic E-state index is 13.3. The summed E-state index contributed by atoms with van der Waals surface area (Å²) in [4.78, 5) is 26.6. The fourth-order valence-electron chi connectivity index (χ4n) is 3.59. The van der Waals surface area contributed by atoms with Crippen molar-refractivity contribution in [1.82, 2.24) is 4.90 Å². The number of hydrogen-bond acceptors (Lipinski definition) is 5. The van der Waals surface area contributed by atoms with Gasteiger partial charge in [-0.05, 0) is 43.2 Å². The highest BCUT2D eigenvalue weighted by Gasteiger charge is 2.25. The molecule has 170 valence electrons. The minimum atomic E-state index is -3.95. The molecule has 2 aromatic carbocycles. The van der Waals surface area contributed by atoms with Crippen molar-refractivity contribution in [3.8, 4) is 0 Å². The second-order valence-electron chi connectivity index (χ2n) is 7.56. The summed E-state index contributed by atoms with van der Waals surface area (Å²) < 4.78 is 32.9. The maximum absolute atomic E-state index is 13.3. The van der Waals surface area contributed by atoms with Gasteiger partial charge >= 0.3 is 5.97 Å². The molecule has 8 heteroatoms. The van der Waals surface area contributed by atoms with Gasteiger partial charge in [-0.2, -0.15) is 0 Å². The van der Waals surface area contributed by atoms with Crippen molar-refractivity contribution in [2.75, 3.05) is 30.5 Å². The summed E-state index contributed by atoms with van der Waals surface area (Å²) >= 11 is 0. The number of carbonyl (C=O) groups is 2. The quantitative estimate of drug-likeness (QED) is 0.447. The highest BCUT2D eigenvalue weighted by atomic mass is 32.2. The lowest BCUT2D eigenvalue weighted by atomic mass is 10.2. The van der Waals surface area contributed by atoms with Gasteiger partial charge in [-0.15, -0.1) is 6.58 Å². The fourth-order valence-corrected chi connectivity index (χ4v) is 5.07. The lowest BCUT2D eigenvalue weighted by Gasteiger charge is -2.23. The molecule has 1 amide bonds. The van der Waals surface area contributed by atoms with Crippen LogP contribution in [0.3, 0.4) is 0 Å². The van der Waals surface area contributed by atoms with Crippen LogP contribution >= 0.6 is 0 Å². The number of ether oxygens (including phenoxy) is 1. The van der Waals surface area contributed by atoms with Gasteiger partial charge in [0.1, 0.15) is 0 Å². The van der Waals surface area contributed by atoms with Crippen LogP contribution in [-0.2, 0) is 19.6 Å². The lowest BCUT2D eigenvalue weighted by Crippen LogP contribution is -2.35. The number of nitrogens with zero attached hydrogens (tertiary/aromatic N) is 2. The largest absolute Gasteiger partial charge is 0.452 e. The average Bonchev–Trinajstić information content (AvgIpc) is 3.11. The number of carbonyl (C=O) groups excluding carboxylic acids is 2. The van der Waals surface area contributed by atoms with E-state index in [0.717, 1.165) is 25.7 Å². The summed E-state index contributed by atoms with van der Waals surface area (Å²) in [5.74, 6) is -0.967. The molecule has 1 saturated heterocycles. The maximum Gasteiger partial charge on any atom is 0.338 e. The molecule has 0 saturated carbocycles. The summed E-state index contributed by atoms with van der Waals surface area (Å²) in [5.41, 5.74) is 0.560. The monoisotopic (exact) mass is 456 g/mol. The van der Waals surface area contributed by atoms with Crippen molar-refractivity contribution in [3.05, 3.63) is 72.8 Å². The predicted octanol–water partition coefficient (Wildman–Crippen LogP) is 3.63. The molecule has 0 spiro atoms. The van der Waals surface area contributed by atoms with Crippen LogP contribution in [0.15, 0.2) is 72.1 Å². The second kappa shape index (κ2) is 10.9. The van der Waals surface area contributed by atoms with E-state index >= 15 is 0 Å². The van der Waals surface area contributed by atoms with Gasteiger partial charge in [0.15, 0.2) is 6.61 Å². The SMILES string of the molecule is C=CCN(c1ccccc1)S(=O)(=O)c1cccc(C(=O)OCC(=O)N2CCCCCC2)c1. The number of hydrogen-bond donors (Lipinski definition) is 0. The summed E-state index contributed by atoms with van der Waals surface area (Å²) in [6, 6.07) is 14.3. The number of rotatable bonds is 8. The third kappa shape index (κ3) is 5.76. The van der Waals surface area contributed by atoms with Crippen LogP contribution < -0.4 is 4.31 Å². The van der Waals surface area contributed by atoms with Crippen LogP contribution in [0.5, 0.6) is 0 Å². The van der Waals surface area contributed by atoms with E-state index in [1.807, 2.05) is 0 Å². The fraction of sp³-hybridized carbons (Fsp3) is 0.333. The third-order valence-corrected chi connectivity index (χ3v) is 7.07. The molecular weight excluding hydrogens is 428 g/mol. The Labute approximate surface area is 189 Å². The molecule has 1 heterocycles. The number of amides is 1. The van der Waals surface area contributed by atoms with E-state index < -0.39 is 16.0 Å². The molecule has 32 heavy (non-hydrogen) atoms. The molecule has 0 radical (unpaired) electrons. The smallest absolute Gasteiger partial charge is 0.338 e. The van der Waals surface area contributed by atoms with E-state index in [1.54, 1.807) is 35.2 Å². The number of anilines is 1. The molecule has 1 fully saturated rings. The average molecular weight is 457 g/mol. The molecule has 7 nitrogen and oxygen atoms in total. The summed E-state index contributed by atoms with van der Waals surface area (Å²) in [7, 11) is -3.95. The Morgan fingerprint density at radius 1 is 1.00 bits per heavy atom. The molecule has 0 N–H and O–H groups in total. The third-order valence-electron chi connectivity index (χ3n) is 5.28. The van der Waals surface area contributed by atoms with Gasteiger partial charge in [0.2, 0.25) is 0 Å². The summed E-state index contributed by atoms with van der Waals surface area (Å²) in [6.07, 6.45) is 5.58. The zero-order valence-electron chi connectivity index (χ0n) is 18.0. The number of benzene rings is 2. The van der Waals surface area contributed by atoms with Crippen molar-refractivity contribution < 1.29 is 22.7 Å². The normalized spacial score (nSPS) is 14.3. The van der Waals surface area contributed by atoms with Gasteiger partial charge in [-0.25, -0.2) is 13.2 Å². The van der Waals surface area contributed by atoms with E-state index in [4.69, 9.17) is 4.74 Å². The predicted molar refractivity (Wildman–Crippen MR) is 123 cm³/mol. The Kier molecular flexibility index (Phi) is 8.05. The number of likely N-dealkylation sites (tertiary alicyclic amines) is 1. The number of para-hydroxylation sites is 1. The zero-order valence-corrected chi connectivity index (χ0v) is 18.8. The number of esters is 1. The van der Waals surface area contributed by atoms with Crippen molar-refractivity contribution in [3.63, 3.8) is 0 Å². The molecule has 0 aliphatic carbocycles. The van der Waals surface area contributed by atoms with Crippen molar-refractivity contribution in [1.29, 1.82) is 0 Å². The molecule has 0 unspecified atom stereocenters. The van der Waals surface area contributed by atoms with Crippen LogP contribution in [0, 0.1) is 0 Å². The molecule has 3 rings (SSSR count). The topological polar surface area (TPSA) is 84.0 Å². The minimum absolute atomic E-state index is 0.0449. The van der Waals surface area contributed by atoms with Gasteiger partial charge in [0.25, 0.3) is 15.9 Å². The molecule has 1 aliphatic rings. The van der Waals surface area contributed by atoms with E-state index in [9.17, 15) is 18.0 Å². The first-order chi connectivity index (χ1) is 15.4. The molecular formula is C24H28N2O5S. The highest BCUT2D eigenvalue weighted by molar-refractivity contribution is 7.92. The first-order valence-electron chi connectivity index (χ1n) is 10.7. The Hall–Kier alpha value is -3.13. The van der Waals surface area contributed by atoms with Gasteiger partial charge in [-0.3, -0.25) is 9.10 Å². The molecule has 0 bridgehead atoms. The Morgan fingerprint density at radius 3 is 2.34 bits per heavy atom. The first-order valence-corrected chi connectivity index (χ1v) is 12.1. The van der Waals surface area contributed by atoms with Crippen LogP contribution in [0.25, 0.3) is 0 Å². The van der Waals surface area contributed by atoms with E-state index in [-0.39, 0.29) is 29.5 Å². The molecule has 1 aliphatic heterocycles. The highest BCUT2D eigenvalue weighted by Crippen LogP contribution is 2.24. The molecule has 0 atom stereocenters. The van der Waals surface area contributed by atoms with Crippen molar-refractivity contribution in [2.45, 2.75) is 30.6 Å². The second-order valence-corrected chi connectivity index (χ2v) is 9.42. The standard InChI is InChI=1S/C24H28N2O5S/c1-2-15-26(21-12-6-5-7-13-21)32(29,30)22-14-10-11-20(18-22)24(28)31-19-23(27)25-16-8-3-4-9-17-25/h2,5-7,10-14,18H,1,3-4,8-9,15-17,19H2. The molecule has 0 aromatic heterocycles. The van der Waals surface area contributed by atoms with Gasteiger partial charge in [-0.1, -0.05) is 43.2 Å². The van der Waals surface area contributed by atoms with E-state index in [1.165, 1.54) is 34.6 Å². The molecule has 2 aromatic rings. The Bertz CT molecular complexity index is 1050. The van der Waals surface area contributed by atoms with Gasteiger partial charge in [0, 0.05) is 13.1 Å².